The Bertz CT molecular complexity index is 831. The standard InChI is InChI=1S/C16H14N2O2/c19-15(20)16(5-1-6-16)10-2-3-13-11(8-10)12-9-17-7-4-14(12)18-13/h2-4,7-9,18H,1,5-6H2,(H,19,20). The molecule has 4 heteroatoms. The summed E-state index contributed by atoms with van der Waals surface area (Å²) in [5.41, 5.74) is 2.29. The van der Waals surface area contributed by atoms with Crippen LogP contribution in [0.15, 0.2) is 36.7 Å². The maximum Gasteiger partial charge on any atom is 0.314 e. The van der Waals surface area contributed by atoms with Gasteiger partial charge in [-0.05, 0) is 36.6 Å². The first kappa shape index (κ1) is 11.5. The number of H-pyrrole nitrogens is 1. The summed E-state index contributed by atoms with van der Waals surface area (Å²) in [6.07, 6.45) is 6.03. The number of hydrogen-bond acceptors (Lipinski definition) is 2. The molecule has 2 aromatic heterocycles. The fraction of sp³-hybridized carbons (Fsp3) is 0.250. The molecule has 20 heavy (non-hydrogen) atoms. The normalized spacial score (nSPS) is 17.2. The topological polar surface area (TPSA) is 66.0 Å². The van der Waals surface area contributed by atoms with E-state index in [4.69, 9.17) is 0 Å². The molecule has 1 fully saturated rings. The van der Waals surface area contributed by atoms with Crippen molar-refractivity contribution in [1.29, 1.82) is 0 Å². The van der Waals surface area contributed by atoms with Crippen molar-refractivity contribution in [2.75, 3.05) is 0 Å². The molecule has 0 unspecified atom stereocenters. The van der Waals surface area contributed by atoms with E-state index >= 15 is 0 Å². The highest BCUT2D eigenvalue weighted by atomic mass is 16.4. The molecule has 1 saturated carbocycles. The first-order chi connectivity index (χ1) is 9.71. The molecule has 0 spiro atoms. The van der Waals surface area contributed by atoms with E-state index in [1.54, 1.807) is 6.20 Å². The van der Waals surface area contributed by atoms with Gasteiger partial charge in [0.1, 0.15) is 0 Å². The lowest BCUT2D eigenvalue weighted by molar-refractivity contribution is -0.147. The molecular formula is C16H14N2O2. The van der Waals surface area contributed by atoms with Crippen LogP contribution >= 0.6 is 0 Å². The van der Waals surface area contributed by atoms with Gasteiger partial charge in [-0.2, -0.15) is 0 Å². The second-order valence-electron chi connectivity index (χ2n) is 5.55. The third-order valence-corrected chi connectivity index (χ3v) is 4.57. The number of fused-ring (bicyclic) bond motifs is 3. The molecule has 2 heterocycles. The van der Waals surface area contributed by atoms with Crippen LogP contribution in [0.1, 0.15) is 24.8 Å². The number of benzene rings is 1. The van der Waals surface area contributed by atoms with Crippen molar-refractivity contribution >= 4 is 27.8 Å². The number of carbonyl (C=O) groups is 1. The summed E-state index contributed by atoms with van der Waals surface area (Å²) >= 11 is 0. The molecule has 3 aromatic rings. The highest BCUT2D eigenvalue weighted by Gasteiger charge is 2.45. The number of nitrogens with one attached hydrogen (secondary N) is 1. The Morgan fingerprint density at radius 2 is 2.00 bits per heavy atom. The summed E-state index contributed by atoms with van der Waals surface area (Å²) in [5.74, 6) is -0.707. The number of pyridine rings is 1. The van der Waals surface area contributed by atoms with Crippen LogP contribution in [0, 0.1) is 0 Å². The van der Waals surface area contributed by atoms with Crippen molar-refractivity contribution in [2.45, 2.75) is 24.7 Å². The van der Waals surface area contributed by atoms with Gasteiger partial charge in [0.15, 0.2) is 0 Å². The van der Waals surface area contributed by atoms with Crippen LogP contribution in [0.2, 0.25) is 0 Å². The van der Waals surface area contributed by atoms with Crippen LogP contribution in [-0.2, 0) is 10.2 Å². The van der Waals surface area contributed by atoms with Gasteiger partial charge in [-0.3, -0.25) is 9.78 Å². The van der Waals surface area contributed by atoms with Gasteiger partial charge in [0.25, 0.3) is 0 Å². The van der Waals surface area contributed by atoms with Gasteiger partial charge in [-0.1, -0.05) is 12.5 Å². The molecule has 4 rings (SSSR count). The van der Waals surface area contributed by atoms with Crippen LogP contribution < -0.4 is 0 Å². The molecule has 0 bridgehead atoms. The van der Waals surface area contributed by atoms with Crippen LogP contribution in [0.25, 0.3) is 21.8 Å². The molecule has 1 aliphatic rings. The average molecular weight is 266 g/mol. The van der Waals surface area contributed by atoms with Crippen molar-refractivity contribution in [1.82, 2.24) is 9.97 Å². The molecule has 0 saturated heterocycles. The smallest absolute Gasteiger partial charge is 0.314 e. The van der Waals surface area contributed by atoms with Crippen molar-refractivity contribution in [2.24, 2.45) is 0 Å². The number of rotatable bonds is 2. The molecule has 2 N–H and O–H groups in total. The maximum atomic E-state index is 11.6. The summed E-state index contributed by atoms with van der Waals surface area (Å²) in [6, 6.07) is 7.88. The Morgan fingerprint density at radius 1 is 1.20 bits per heavy atom. The Morgan fingerprint density at radius 3 is 2.70 bits per heavy atom. The monoisotopic (exact) mass is 266 g/mol. The number of carboxylic acid groups (broad SMARTS) is 1. The highest BCUT2D eigenvalue weighted by molar-refractivity contribution is 6.07. The highest BCUT2D eigenvalue weighted by Crippen LogP contribution is 2.45. The van der Waals surface area contributed by atoms with E-state index in [0.717, 1.165) is 46.6 Å². The largest absolute Gasteiger partial charge is 0.481 e. The quantitative estimate of drug-likeness (QED) is 0.748. The summed E-state index contributed by atoms with van der Waals surface area (Å²) in [6.45, 7) is 0. The van der Waals surface area contributed by atoms with E-state index < -0.39 is 11.4 Å². The van der Waals surface area contributed by atoms with Crippen LogP contribution in [0.3, 0.4) is 0 Å². The van der Waals surface area contributed by atoms with Crippen molar-refractivity contribution in [3.05, 3.63) is 42.2 Å². The predicted molar refractivity (Wildman–Crippen MR) is 76.8 cm³/mol. The summed E-state index contributed by atoms with van der Waals surface area (Å²) in [4.78, 5) is 19.1. The zero-order valence-electron chi connectivity index (χ0n) is 10.9. The van der Waals surface area contributed by atoms with Gasteiger partial charge in [0, 0.05) is 34.2 Å². The molecule has 100 valence electrons. The minimum atomic E-state index is -0.707. The van der Waals surface area contributed by atoms with E-state index in [-0.39, 0.29) is 0 Å². The van der Waals surface area contributed by atoms with Crippen molar-refractivity contribution in [3.8, 4) is 0 Å². The Kier molecular flexibility index (Phi) is 2.19. The van der Waals surface area contributed by atoms with E-state index in [2.05, 4.69) is 9.97 Å². The van der Waals surface area contributed by atoms with E-state index in [1.165, 1.54) is 0 Å². The molecule has 1 aliphatic carbocycles. The third-order valence-electron chi connectivity index (χ3n) is 4.57. The van der Waals surface area contributed by atoms with Crippen molar-refractivity contribution < 1.29 is 9.90 Å². The number of hydrogen-bond donors (Lipinski definition) is 2. The summed E-state index contributed by atoms with van der Waals surface area (Å²) in [5, 5.41) is 11.7. The van der Waals surface area contributed by atoms with Crippen LogP contribution in [0.5, 0.6) is 0 Å². The van der Waals surface area contributed by atoms with E-state index in [1.807, 2.05) is 30.5 Å². The molecular weight excluding hydrogens is 252 g/mol. The lowest BCUT2D eigenvalue weighted by Gasteiger charge is -2.38. The van der Waals surface area contributed by atoms with Gasteiger partial charge in [-0.15, -0.1) is 0 Å². The molecule has 0 radical (unpaired) electrons. The average Bonchev–Trinajstić information content (AvgIpc) is 2.75. The molecule has 1 aromatic carbocycles. The lowest BCUT2D eigenvalue weighted by atomic mass is 9.64. The Labute approximate surface area is 115 Å². The molecule has 0 atom stereocenters. The summed E-state index contributed by atoms with van der Waals surface area (Å²) < 4.78 is 0. The van der Waals surface area contributed by atoms with Gasteiger partial charge >= 0.3 is 5.97 Å². The van der Waals surface area contributed by atoms with Gasteiger partial charge in [0.2, 0.25) is 0 Å². The number of aliphatic carboxylic acids is 1. The third kappa shape index (κ3) is 1.36. The minimum absolute atomic E-state index is 0.681. The maximum absolute atomic E-state index is 11.6. The number of carboxylic acids is 1. The molecule has 4 nitrogen and oxygen atoms in total. The van der Waals surface area contributed by atoms with Crippen LogP contribution in [0.4, 0.5) is 0 Å². The van der Waals surface area contributed by atoms with E-state index in [9.17, 15) is 9.90 Å². The molecule has 0 amide bonds. The van der Waals surface area contributed by atoms with E-state index in [0.29, 0.717) is 0 Å². The Balaban J connectivity index is 1.98. The van der Waals surface area contributed by atoms with Gasteiger partial charge < -0.3 is 10.1 Å². The first-order valence-electron chi connectivity index (χ1n) is 6.80. The fourth-order valence-corrected chi connectivity index (χ4v) is 3.19. The number of aromatic amines is 1. The zero-order chi connectivity index (χ0) is 13.7. The number of aromatic nitrogens is 2. The number of nitrogens with zero attached hydrogens (tertiary/aromatic N) is 1. The summed E-state index contributed by atoms with van der Waals surface area (Å²) in [7, 11) is 0. The zero-order valence-corrected chi connectivity index (χ0v) is 10.9. The van der Waals surface area contributed by atoms with Gasteiger partial charge in [0.05, 0.1) is 5.41 Å². The molecule has 0 aliphatic heterocycles. The first-order valence-corrected chi connectivity index (χ1v) is 6.80. The fourth-order valence-electron chi connectivity index (χ4n) is 3.19. The Hall–Kier alpha value is -2.36. The second-order valence-corrected chi connectivity index (χ2v) is 5.55. The van der Waals surface area contributed by atoms with Crippen LogP contribution in [-0.4, -0.2) is 21.0 Å². The van der Waals surface area contributed by atoms with Gasteiger partial charge in [-0.25, -0.2) is 0 Å². The lowest BCUT2D eigenvalue weighted by Crippen LogP contribution is -2.42. The van der Waals surface area contributed by atoms with Crippen molar-refractivity contribution in [3.63, 3.8) is 0 Å². The SMILES string of the molecule is O=C(O)C1(c2ccc3[nH]c4ccncc4c3c2)CCC1. The minimum Gasteiger partial charge on any atom is -0.481 e. The second kappa shape index (κ2) is 3.82. The predicted octanol–water partition coefficient (Wildman–Crippen LogP) is 3.22.